The first-order chi connectivity index (χ1) is 9.06. The van der Waals surface area contributed by atoms with E-state index >= 15 is 0 Å². The van der Waals surface area contributed by atoms with E-state index in [1.54, 1.807) is 17.4 Å². The predicted octanol–water partition coefficient (Wildman–Crippen LogP) is 5.25. The van der Waals surface area contributed by atoms with E-state index in [0.717, 1.165) is 22.0 Å². The van der Waals surface area contributed by atoms with Crippen LogP contribution in [0.25, 0.3) is 0 Å². The third-order valence-corrected chi connectivity index (χ3v) is 5.43. The molecule has 1 N–H and O–H groups in total. The van der Waals surface area contributed by atoms with Gasteiger partial charge in [-0.2, -0.15) is 0 Å². The van der Waals surface area contributed by atoms with Crippen molar-refractivity contribution >= 4 is 43.2 Å². The van der Waals surface area contributed by atoms with Gasteiger partial charge in [0, 0.05) is 9.35 Å². The van der Waals surface area contributed by atoms with Crippen LogP contribution >= 0.6 is 43.2 Å². The summed E-state index contributed by atoms with van der Waals surface area (Å²) in [6, 6.07) is 4.52. The second-order valence-corrected chi connectivity index (χ2v) is 6.48. The van der Waals surface area contributed by atoms with Gasteiger partial charge in [0.25, 0.3) is 0 Å². The molecule has 0 saturated carbocycles. The van der Waals surface area contributed by atoms with Crippen molar-refractivity contribution in [1.82, 2.24) is 5.32 Å². The maximum absolute atomic E-state index is 13.7. The number of hydrogen-bond acceptors (Lipinski definition) is 2. The molecule has 0 amide bonds. The molecule has 1 aromatic carbocycles. The van der Waals surface area contributed by atoms with Gasteiger partial charge in [-0.25, -0.2) is 8.78 Å². The molecule has 1 nitrogen and oxygen atoms in total. The predicted molar refractivity (Wildman–Crippen MR) is 81.6 cm³/mol. The molecule has 2 aromatic rings. The first kappa shape index (κ1) is 15.1. The van der Waals surface area contributed by atoms with Gasteiger partial charge < -0.3 is 5.32 Å². The third-order valence-electron chi connectivity index (χ3n) is 2.69. The van der Waals surface area contributed by atoms with Crippen LogP contribution in [0.3, 0.4) is 0 Å². The molecule has 0 radical (unpaired) electrons. The van der Waals surface area contributed by atoms with E-state index in [0.29, 0.717) is 5.56 Å². The van der Waals surface area contributed by atoms with E-state index < -0.39 is 11.6 Å². The summed E-state index contributed by atoms with van der Waals surface area (Å²) in [6.45, 7) is 2.70. The van der Waals surface area contributed by atoms with E-state index in [2.05, 4.69) is 37.2 Å². The van der Waals surface area contributed by atoms with Gasteiger partial charge >= 0.3 is 0 Å². The molecule has 0 aliphatic carbocycles. The van der Waals surface area contributed by atoms with Crippen molar-refractivity contribution in [3.8, 4) is 0 Å². The quantitative estimate of drug-likeness (QED) is 0.678. The van der Waals surface area contributed by atoms with Crippen molar-refractivity contribution in [1.29, 1.82) is 0 Å². The number of rotatable bonds is 4. The van der Waals surface area contributed by atoms with Gasteiger partial charge in [-0.3, -0.25) is 0 Å². The molecule has 0 bridgehead atoms. The Morgan fingerprint density at radius 1 is 1.26 bits per heavy atom. The van der Waals surface area contributed by atoms with Gasteiger partial charge in [0.2, 0.25) is 0 Å². The van der Waals surface area contributed by atoms with Crippen LogP contribution in [0, 0.1) is 11.6 Å². The smallest absolute Gasteiger partial charge is 0.173 e. The van der Waals surface area contributed by atoms with Crippen LogP contribution in [0.4, 0.5) is 8.78 Å². The standard InChI is InChI=1S/C13H11Br2F2NS/c1-2-18-12(13-8(14)5-6-19-13)7-3-4-9(16)11(17)10(7)15/h3-6,12,18H,2H2,1H3. The van der Waals surface area contributed by atoms with Crippen LogP contribution in [0.1, 0.15) is 23.4 Å². The lowest BCUT2D eigenvalue weighted by atomic mass is 10.0. The Labute approximate surface area is 131 Å². The minimum Gasteiger partial charge on any atom is -0.306 e. The zero-order valence-electron chi connectivity index (χ0n) is 10.0. The summed E-state index contributed by atoms with van der Waals surface area (Å²) in [7, 11) is 0. The SMILES string of the molecule is CCNC(c1ccc(F)c(F)c1Br)c1sccc1Br. The summed E-state index contributed by atoms with van der Waals surface area (Å²) in [5.41, 5.74) is 0.684. The van der Waals surface area contributed by atoms with Crippen molar-refractivity contribution in [3.63, 3.8) is 0 Å². The second kappa shape index (κ2) is 6.43. The lowest BCUT2D eigenvalue weighted by Crippen LogP contribution is -2.22. The molecule has 1 heterocycles. The van der Waals surface area contributed by atoms with E-state index in [1.807, 2.05) is 18.4 Å². The van der Waals surface area contributed by atoms with E-state index in [-0.39, 0.29) is 10.5 Å². The highest BCUT2D eigenvalue weighted by molar-refractivity contribution is 9.10. The summed E-state index contributed by atoms with van der Waals surface area (Å²) in [5, 5.41) is 5.25. The highest BCUT2D eigenvalue weighted by atomic mass is 79.9. The molecule has 0 fully saturated rings. The zero-order valence-corrected chi connectivity index (χ0v) is 14.0. The zero-order chi connectivity index (χ0) is 14.0. The molecule has 6 heteroatoms. The van der Waals surface area contributed by atoms with Crippen LogP contribution in [0.2, 0.25) is 0 Å². The van der Waals surface area contributed by atoms with E-state index in [9.17, 15) is 8.78 Å². The summed E-state index contributed by atoms with van der Waals surface area (Å²) >= 11 is 8.19. The highest BCUT2D eigenvalue weighted by Gasteiger charge is 2.22. The molecular formula is C13H11Br2F2NS. The van der Waals surface area contributed by atoms with Crippen molar-refractivity contribution in [3.05, 3.63) is 54.6 Å². The molecule has 0 aliphatic heterocycles. The average molecular weight is 411 g/mol. The monoisotopic (exact) mass is 409 g/mol. The minimum absolute atomic E-state index is 0.166. The maximum atomic E-state index is 13.7. The molecule has 19 heavy (non-hydrogen) atoms. The molecule has 0 aliphatic rings. The van der Waals surface area contributed by atoms with Crippen LogP contribution in [0.5, 0.6) is 0 Å². The number of benzene rings is 1. The van der Waals surface area contributed by atoms with Crippen molar-refractivity contribution in [2.45, 2.75) is 13.0 Å². The van der Waals surface area contributed by atoms with Crippen molar-refractivity contribution in [2.75, 3.05) is 6.54 Å². The number of nitrogens with one attached hydrogen (secondary N) is 1. The number of halogens is 4. The van der Waals surface area contributed by atoms with Crippen molar-refractivity contribution < 1.29 is 8.78 Å². The van der Waals surface area contributed by atoms with E-state index in [4.69, 9.17) is 0 Å². The average Bonchev–Trinajstić information content (AvgIpc) is 2.80. The topological polar surface area (TPSA) is 12.0 Å². The van der Waals surface area contributed by atoms with Gasteiger partial charge in [-0.05, 0) is 61.5 Å². The van der Waals surface area contributed by atoms with Crippen LogP contribution in [-0.2, 0) is 0 Å². The lowest BCUT2D eigenvalue weighted by molar-refractivity contribution is 0.499. The second-order valence-electron chi connectivity index (χ2n) is 3.89. The normalized spacial score (nSPS) is 12.7. The summed E-state index contributed by atoms with van der Waals surface area (Å²) in [5.74, 6) is -1.70. The summed E-state index contributed by atoms with van der Waals surface area (Å²) in [6.07, 6.45) is 0. The van der Waals surface area contributed by atoms with Crippen LogP contribution < -0.4 is 5.32 Å². The van der Waals surface area contributed by atoms with Crippen LogP contribution in [0.15, 0.2) is 32.5 Å². The number of hydrogen-bond donors (Lipinski definition) is 1. The van der Waals surface area contributed by atoms with Gasteiger partial charge in [-0.1, -0.05) is 13.0 Å². The van der Waals surface area contributed by atoms with Gasteiger partial charge in [0.1, 0.15) is 0 Å². The Hall–Kier alpha value is -0.300. The fourth-order valence-corrected chi connectivity index (χ4v) is 4.07. The van der Waals surface area contributed by atoms with Crippen LogP contribution in [-0.4, -0.2) is 6.54 Å². The van der Waals surface area contributed by atoms with Gasteiger partial charge in [0.05, 0.1) is 10.5 Å². The Kier molecular flexibility index (Phi) is 5.11. The fourth-order valence-electron chi connectivity index (χ4n) is 1.82. The molecular weight excluding hydrogens is 400 g/mol. The number of thiophene rings is 1. The summed E-state index contributed by atoms with van der Waals surface area (Å²) < 4.78 is 28.0. The third kappa shape index (κ3) is 3.07. The van der Waals surface area contributed by atoms with Gasteiger partial charge in [0.15, 0.2) is 11.6 Å². The fraction of sp³-hybridized carbons (Fsp3) is 0.231. The molecule has 102 valence electrons. The molecule has 1 unspecified atom stereocenters. The Bertz CT molecular complexity index is 586. The largest absolute Gasteiger partial charge is 0.306 e. The molecule has 1 atom stereocenters. The first-order valence-corrected chi connectivity index (χ1v) is 8.12. The highest BCUT2D eigenvalue weighted by Crippen LogP contribution is 2.37. The molecule has 2 rings (SSSR count). The first-order valence-electron chi connectivity index (χ1n) is 5.66. The summed E-state index contributed by atoms with van der Waals surface area (Å²) in [4.78, 5) is 1.04. The Morgan fingerprint density at radius 2 is 2.00 bits per heavy atom. The van der Waals surface area contributed by atoms with Gasteiger partial charge in [-0.15, -0.1) is 11.3 Å². The Morgan fingerprint density at radius 3 is 2.58 bits per heavy atom. The Balaban J connectivity index is 2.52. The van der Waals surface area contributed by atoms with E-state index in [1.165, 1.54) is 0 Å². The minimum atomic E-state index is -0.854. The maximum Gasteiger partial charge on any atom is 0.173 e. The lowest BCUT2D eigenvalue weighted by Gasteiger charge is -2.19. The molecule has 0 spiro atoms. The molecule has 0 saturated heterocycles. The van der Waals surface area contributed by atoms with Crippen molar-refractivity contribution in [2.24, 2.45) is 0 Å². The molecule has 1 aromatic heterocycles.